The second kappa shape index (κ2) is 4.34. The van der Waals surface area contributed by atoms with Gasteiger partial charge in [-0.05, 0) is 32.6 Å². The minimum Gasteiger partial charge on any atom is -0.277 e. The fourth-order valence-electron chi connectivity index (χ4n) is 1.10. The van der Waals surface area contributed by atoms with Crippen LogP contribution in [0.4, 0.5) is 0 Å². The van der Waals surface area contributed by atoms with E-state index in [-0.39, 0.29) is 0 Å². The molecule has 1 rings (SSSR count). The molecule has 0 radical (unpaired) electrons. The Morgan fingerprint density at radius 1 is 1.60 bits per heavy atom. The molecule has 0 aromatic carbocycles. The summed E-state index contributed by atoms with van der Waals surface area (Å²) in [6.45, 7) is 2.72. The van der Waals surface area contributed by atoms with Crippen molar-refractivity contribution in [3.05, 3.63) is 11.8 Å². The van der Waals surface area contributed by atoms with Gasteiger partial charge in [0.25, 0.3) is 0 Å². The fraction of sp³-hybridized carbons (Fsp3) is 0.750. The van der Waals surface area contributed by atoms with Crippen molar-refractivity contribution in [3.8, 4) is 0 Å². The Labute approximate surface area is 62.2 Å². The maximum absolute atomic E-state index is 5.05. The molecule has 10 heavy (non-hydrogen) atoms. The maximum Gasteiger partial charge on any atom is 0.0717 e. The Bertz CT molecular complexity index is 120. The molecular weight excluding hydrogens is 126 g/mol. The topological polar surface area (TPSA) is 21.3 Å². The van der Waals surface area contributed by atoms with Crippen LogP contribution in [-0.2, 0) is 4.84 Å². The standard InChI is InChI=1S/C8H15NO/c1-2-10-9-8-6-4-3-5-7-8/h6,9H,2-5,7H2,1H3. The predicted molar refractivity (Wildman–Crippen MR) is 41.3 cm³/mol. The Morgan fingerprint density at radius 2 is 2.50 bits per heavy atom. The minimum absolute atomic E-state index is 0.733. The van der Waals surface area contributed by atoms with Crippen LogP contribution in [0.15, 0.2) is 11.8 Å². The summed E-state index contributed by atoms with van der Waals surface area (Å²) >= 11 is 0. The van der Waals surface area contributed by atoms with Crippen LogP contribution < -0.4 is 5.48 Å². The quantitative estimate of drug-likeness (QED) is 0.607. The highest BCUT2D eigenvalue weighted by molar-refractivity contribution is 5.00. The number of allylic oxidation sites excluding steroid dienone is 2. The molecule has 1 N–H and O–H groups in total. The van der Waals surface area contributed by atoms with Crippen LogP contribution in [0.25, 0.3) is 0 Å². The van der Waals surface area contributed by atoms with E-state index >= 15 is 0 Å². The van der Waals surface area contributed by atoms with E-state index in [0.29, 0.717) is 0 Å². The van der Waals surface area contributed by atoms with Gasteiger partial charge in [-0.3, -0.25) is 10.3 Å². The Morgan fingerprint density at radius 3 is 3.10 bits per heavy atom. The Hall–Kier alpha value is -0.500. The molecule has 0 amide bonds. The molecule has 0 heterocycles. The van der Waals surface area contributed by atoms with Gasteiger partial charge >= 0.3 is 0 Å². The molecule has 0 fully saturated rings. The first kappa shape index (κ1) is 7.61. The number of hydrogen-bond acceptors (Lipinski definition) is 2. The van der Waals surface area contributed by atoms with Gasteiger partial charge in [0.1, 0.15) is 0 Å². The van der Waals surface area contributed by atoms with Crippen LogP contribution in [0.2, 0.25) is 0 Å². The highest BCUT2D eigenvalue weighted by Crippen LogP contribution is 2.14. The summed E-state index contributed by atoms with van der Waals surface area (Å²) in [5.41, 5.74) is 4.19. The van der Waals surface area contributed by atoms with E-state index in [1.165, 1.54) is 25.0 Å². The zero-order valence-electron chi connectivity index (χ0n) is 6.52. The SMILES string of the molecule is CCONC1=CCCCC1. The van der Waals surface area contributed by atoms with Gasteiger partial charge in [0.15, 0.2) is 0 Å². The van der Waals surface area contributed by atoms with E-state index in [4.69, 9.17) is 4.84 Å². The smallest absolute Gasteiger partial charge is 0.0717 e. The number of rotatable bonds is 3. The van der Waals surface area contributed by atoms with Crippen LogP contribution in [0, 0.1) is 0 Å². The van der Waals surface area contributed by atoms with Crippen LogP contribution in [-0.4, -0.2) is 6.61 Å². The Balaban J connectivity index is 2.18. The lowest BCUT2D eigenvalue weighted by atomic mass is 10.1. The zero-order valence-corrected chi connectivity index (χ0v) is 6.52. The lowest BCUT2D eigenvalue weighted by Gasteiger charge is -2.13. The van der Waals surface area contributed by atoms with Gasteiger partial charge in [-0.25, -0.2) is 0 Å². The molecule has 0 saturated heterocycles. The molecule has 0 bridgehead atoms. The van der Waals surface area contributed by atoms with Gasteiger partial charge in [-0.1, -0.05) is 6.08 Å². The molecule has 58 valence electrons. The molecular formula is C8H15NO. The summed E-state index contributed by atoms with van der Waals surface area (Å²) < 4.78 is 0. The van der Waals surface area contributed by atoms with Crippen molar-refractivity contribution >= 4 is 0 Å². The monoisotopic (exact) mass is 141 g/mol. The molecule has 0 aromatic heterocycles. The molecule has 0 unspecified atom stereocenters. The van der Waals surface area contributed by atoms with E-state index < -0.39 is 0 Å². The van der Waals surface area contributed by atoms with Gasteiger partial charge in [-0.2, -0.15) is 0 Å². The third-order valence-corrected chi connectivity index (χ3v) is 1.64. The van der Waals surface area contributed by atoms with Gasteiger partial charge in [0, 0.05) is 5.70 Å². The van der Waals surface area contributed by atoms with Crippen molar-refractivity contribution in [2.24, 2.45) is 0 Å². The van der Waals surface area contributed by atoms with Crippen molar-refractivity contribution in [3.63, 3.8) is 0 Å². The first-order valence-corrected chi connectivity index (χ1v) is 4.00. The molecule has 1 aliphatic carbocycles. The summed E-state index contributed by atoms with van der Waals surface area (Å²) in [6.07, 6.45) is 7.21. The molecule has 2 nitrogen and oxygen atoms in total. The molecule has 2 heteroatoms. The molecule has 0 aromatic rings. The van der Waals surface area contributed by atoms with E-state index in [9.17, 15) is 0 Å². The molecule has 0 spiro atoms. The van der Waals surface area contributed by atoms with Crippen LogP contribution in [0.5, 0.6) is 0 Å². The first-order valence-electron chi connectivity index (χ1n) is 4.00. The zero-order chi connectivity index (χ0) is 7.23. The first-order chi connectivity index (χ1) is 4.93. The molecule has 0 aliphatic heterocycles. The van der Waals surface area contributed by atoms with Gasteiger partial charge in [-0.15, -0.1) is 0 Å². The molecule has 0 atom stereocenters. The van der Waals surface area contributed by atoms with Crippen molar-refractivity contribution in [1.82, 2.24) is 5.48 Å². The van der Waals surface area contributed by atoms with Gasteiger partial charge < -0.3 is 0 Å². The highest BCUT2D eigenvalue weighted by Gasteiger charge is 2.01. The van der Waals surface area contributed by atoms with E-state index in [0.717, 1.165) is 13.0 Å². The Kier molecular flexibility index (Phi) is 3.30. The lowest BCUT2D eigenvalue weighted by Crippen LogP contribution is -2.15. The van der Waals surface area contributed by atoms with Crippen LogP contribution >= 0.6 is 0 Å². The highest BCUT2D eigenvalue weighted by atomic mass is 16.6. The summed E-state index contributed by atoms with van der Waals surface area (Å²) in [6, 6.07) is 0. The maximum atomic E-state index is 5.05. The predicted octanol–water partition coefficient (Wildman–Crippen LogP) is 1.99. The summed E-state index contributed by atoms with van der Waals surface area (Å²) in [7, 11) is 0. The summed E-state index contributed by atoms with van der Waals surface area (Å²) in [5.74, 6) is 0. The largest absolute Gasteiger partial charge is 0.277 e. The van der Waals surface area contributed by atoms with Crippen molar-refractivity contribution in [1.29, 1.82) is 0 Å². The number of nitrogens with one attached hydrogen (secondary N) is 1. The fourth-order valence-corrected chi connectivity index (χ4v) is 1.10. The van der Waals surface area contributed by atoms with Crippen molar-refractivity contribution in [2.75, 3.05) is 6.61 Å². The van der Waals surface area contributed by atoms with Crippen molar-refractivity contribution in [2.45, 2.75) is 32.6 Å². The second-order valence-electron chi connectivity index (χ2n) is 2.51. The number of hydrogen-bond donors (Lipinski definition) is 1. The van der Waals surface area contributed by atoms with Gasteiger partial charge in [0.2, 0.25) is 0 Å². The summed E-state index contributed by atoms with van der Waals surface area (Å²) in [4.78, 5) is 5.05. The van der Waals surface area contributed by atoms with E-state index in [1.807, 2.05) is 6.92 Å². The van der Waals surface area contributed by atoms with E-state index in [1.54, 1.807) is 0 Å². The second-order valence-corrected chi connectivity index (χ2v) is 2.51. The van der Waals surface area contributed by atoms with Crippen LogP contribution in [0.3, 0.4) is 0 Å². The average Bonchev–Trinajstić information content (AvgIpc) is 2.03. The minimum atomic E-state index is 0.733. The summed E-state index contributed by atoms with van der Waals surface area (Å²) in [5, 5.41) is 0. The van der Waals surface area contributed by atoms with Gasteiger partial charge in [0.05, 0.1) is 6.61 Å². The lowest BCUT2D eigenvalue weighted by molar-refractivity contribution is 0.0698. The van der Waals surface area contributed by atoms with Crippen LogP contribution in [0.1, 0.15) is 32.6 Å². The third kappa shape index (κ3) is 2.40. The number of hydroxylamine groups is 1. The average molecular weight is 141 g/mol. The third-order valence-electron chi connectivity index (χ3n) is 1.64. The molecule has 1 aliphatic rings. The molecule has 0 saturated carbocycles. The van der Waals surface area contributed by atoms with Crippen molar-refractivity contribution < 1.29 is 4.84 Å². The van der Waals surface area contributed by atoms with E-state index in [2.05, 4.69) is 11.6 Å². The normalized spacial score (nSPS) is 18.3.